The number of epoxide rings is 1. The highest BCUT2D eigenvalue weighted by atomic mass is 16.6. The number of hydrogen-bond acceptors (Lipinski definition) is 5. The van der Waals surface area contributed by atoms with E-state index in [0.717, 1.165) is 5.56 Å². The molecule has 6 heteroatoms. The summed E-state index contributed by atoms with van der Waals surface area (Å²) in [7, 11) is 1.57. The number of esters is 1. The zero-order valence-corrected chi connectivity index (χ0v) is 14.9. The first-order valence-electron chi connectivity index (χ1n) is 7.99. The van der Waals surface area contributed by atoms with Crippen molar-refractivity contribution >= 4 is 11.9 Å². The van der Waals surface area contributed by atoms with Crippen LogP contribution in [0.2, 0.25) is 0 Å². The molecule has 2 atom stereocenters. The summed E-state index contributed by atoms with van der Waals surface area (Å²) in [6.07, 6.45) is -0.599. The van der Waals surface area contributed by atoms with Crippen LogP contribution in [0.1, 0.15) is 33.3 Å². The number of methoxy groups -OCH3 is 1. The van der Waals surface area contributed by atoms with E-state index in [4.69, 9.17) is 14.2 Å². The molecule has 24 heavy (non-hydrogen) atoms. The van der Waals surface area contributed by atoms with Gasteiger partial charge in [-0.1, -0.05) is 18.2 Å². The third-order valence-corrected chi connectivity index (χ3v) is 3.56. The summed E-state index contributed by atoms with van der Waals surface area (Å²) in [6.45, 7) is 7.35. The molecular weight excluding hydrogens is 310 g/mol. The fourth-order valence-electron chi connectivity index (χ4n) is 2.41. The van der Waals surface area contributed by atoms with Crippen molar-refractivity contribution < 1.29 is 23.8 Å². The molecule has 0 spiro atoms. The van der Waals surface area contributed by atoms with Crippen molar-refractivity contribution in [3.8, 4) is 5.75 Å². The molecule has 132 valence electrons. The van der Waals surface area contributed by atoms with E-state index < -0.39 is 17.7 Å². The highest BCUT2D eigenvalue weighted by Crippen LogP contribution is 2.26. The summed E-state index contributed by atoms with van der Waals surface area (Å²) in [5, 5.41) is 0. The van der Waals surface area contributed by atoms with Gasteiger partial charge in [0.15, 0.2) is 6.10 Å². The number of para-hydroxylation sites is 1. The van der Waals surface area contributed by atoms with Crippen LogP contribution in [-0.2, 0) is 25.6 Å². The molecule has 2 rings (SSSR count). The Kier molecular flexibility index (Phi) is 5.49. The third kappa shape index (κ3) is 4.96. The highest BCUT2D eigenvalue weighted by Gasteiger charge is 2.44. The highest BCUT2D eigenvalue weighted by molar-refractivity contribution is 5.87. The molecule has 1 saturated heterocycles. The lowest BCUT2D eigenvalue weighted by atomic mass is 10.1. The summed E-state index contributed by atoms with van der Waals surface area (Å²) in [6, 6.07) is 7.41. The average molecular weight is 335 g/mol. The SMILES string of the molecule is COc1ccccc1CN(CC(=O)OC(C)(C)C)C(=O)[C@@H]1O[C@@H]1C. The number of carbonyl (C=O) groups is 2. The maximum Gasteiger partial charge on any atom is 0.326 e. The summed E-state index contributed by atoms with van der Waals surface area (Å²) >= 11 is 0. The standard InChI is InChI=1S/C18H25NO5/c1-12-16(23-12)17(21)19(11-15(20)24-18(2,3)4)10-13-8-6-7-9-14(13)22-5/h6-9,12,16H,10-11H2,1-5H3/t12-,16-/m1/s1. The van der Waals surface area contributed by atoms with Crippen molar-refractivity contribution in [3.05, 3.63) is 29.8 Å². The van der Waals surface area contributed by atoms with Crippen molar-refractivity contribution in [1.29, 1.82) is 0 Å². The Morgan fingerprint density at radius 3 is 2.42 bits per heavy atom. The molecule has 1 aliphatic rings. The van der Waals surface area contributed by atoms with Crippen LogP contribution in [0.5, 0.6) is 5.75 Å². The molecule has 1 amide bonds. The van der Waals surface area contributed by atoms with Crippen LogP contribution in [0, 0.1) is 0 Å². The first kappa shape index (κ1) is 18.3. The minimum atomic E-state index is -0.598. The third-order valence-electron chi connectivity index (χ3n) is 3.56. The lowest BCUT2D eigenvalue weighted by molar-refractivity contribution is -0.159. The molecule has 0 N–H and O–H groups in total. The Morgan fingerprint density at radius 1 is 1.25 bits per heavy atom. The number of benzene rings is 1. The van der Waals surface area contributed by atoms with Gasteiger partial charge in [-0.15, -0.1) is 0 Å². The van der Waals surface area contributed by atoms with Crippen molar-refractivity contribution in [2.24, 2.45) is 0 Å². The van der Waals surface area contributed by atoms with Crippen molar-refractivity contribution in [3.63, 3.8) is 0 Å². The Morgan fingerprint density at radius 2 is 1.88 bits per heavy atom. The van der Waals surface area contributed by atoms with Crippen LogP contribution in [0.3, 0.4) is 0 Å². The zero-order valence-electron chi connectivity index (χ0n) is 14.9. The topological polar surface area (TPSA) is 68.4 Å². The van der Waals surface area contributed by atoms with E-state index >= 15 is 0 Å². The van der Waals surface area contributed by atoms with Crippen LogP contribution >= 0.6 is 0 Å². The van der Waals surface area contributed by atoms with Gasteiger partial charge in [-0.3, -0.25) is 9.59 Å². The van der Waals surface area contributed by atoms with Gasteiger partial charge in [0.25, 0.3) is 5.91 Å². The molecule has 0 saturated carbocycles. The quantitative estimate of drug-likeness (QED) is 0.588. The van der Waals surface area contributed by atoms with Crippen LogP contribution in [0.15, 0.2) is 24.3 Å². The molecular formula is C18H25NO5. The molecule has 0 bridgehead atoms. The Bertz CT molecular complexity index is 608. The van der Waals surface area contributed by atoms with E-state index in [1.165, 1.54) is 4.90 Å². The summed E-state index contributed by atoms with van der Waals surface area (Å²) < 4.78 is 15.9. The molecule has 1 heterocycles. The second-order valence-electron chi connectivity index (χ2n) is 6.85. The number of ether oxygens (including phenoxy) is 3. The van der Waals surface area contributed by atoms with E-state index in [9.17, 15) is 9.59 Å². The van der Waals surface area contributed by atoms with Crippen LogP contribution in [0.4, 0.5) is 0 Å². The van der Waals surface area contributed by atoms with E-state index in [2.05, 4.69) is 0 Å². The van der Waals surface area contributed by atoms with Crippen molar-refractivity contribution in [2.45, 2.75) is 52.0 Å². The summed E-state index contributed by atoms with van der Waals surface area (Å²) in [4.78, 5) is 26.2. The van der Waals surface area contributed by atoms with Crippen molar-refractivity contribution in [1.82, 2.24) is 4.90 Å². The van der Waals surface area contributed by atoms with Gasteiger partial charge in [0.2, 0.25) is 0 Å². The monoisotopic (exact) mass is 335 g/mol. The fraction of sp³-hybridized carbons (Fsp3) is 0.556. The number of nitrogens with zero attached hydrogens (tertiary/aromatic N) is 1. The van der Waals surface area contributed by atoms with Crippen LogP contribution in [0.25, 0.3) is 0 Å². The summed E-state index contributed by atoms with van der Waals surface area (Å²) in [5.74, 6) is 0.0163. The zero-order chi connectivity index (χ0) is 17.9. The molecule has 1 aromatic carbocycles. The fourth-order valence-corrected chi connectivity index (χ4v) is 2.41. The van der Waals surface area contributed by atoms with E-state index in [-0.39, 0.29) is 25.1 Å². The first-order valence-corrected chi connectivity index (χ1v) is 7.99. The van der Waals surface area contributed by atoms with Gasteiger partial charge in [-0.25, -0.2) is 0 Å². The lowest BCUT2D eigenvalue weighted by Gasteiger charge is -2.25. The molecule has 1 aliphatic heterocycles. The van der Waals surface area contributed by atoms with Gasteiger partial charge in [0.05, 0.1) is 19.8 Å². The molecule has 1 aromatic rings. The number of carbonyl (C=O) groups excluding carboxylic acids is 2. The number of amides is 1. The minimum Gasteiger partial charge on any atom is -0.496 e. The second-order valence-corrected chi connectivity index (χ2v) is 6.85. The molecule has 0 aliphatic carbocycles. The Balaban J connectivity index is 2.13. The van der Waals surface area contributed by atoms with Crippen molar-refractivity contribution in [2.75, 3.05) is 13.7 Å². The van der Waals surface area contributed by atoms with Gasteiger partial charge in [0, 0.05) is 5.56 Å². The van der Waals surface area contributed by atoms with Gasteiger partial charge in [-0.05, 0) is 33.8 Å². The first-order chi connectivity index (χ1) is 11.2. The Hall–Kier alpha value is -2.08. The largest absolute Gasteiger partial charge is 0.496 e. The predicted molar refractivity (Wildman–Crippen MR) is 88.6 cm³/mol. The molecule has 0 unspecified atom stereocenters. The van der Waals surface area contributed by atoms with E-state index in [0.29, 0.717) is 5.75 Å². The number of hydrogen-bond donors (Lipinski definition) is 0. The maximum atomic E-state index is 12.6. The normalized spacial score (nSPS) is 19.5. The van der Waals surface area contributed by atoms with Crippen LogP contribution in [-0.4, -0.2) is 48.2 Å². The molecule has 0 aromatic heterocycles. The van der Waals surface area contributed by atoms with Gasteiger partial charge in [0.1, 0.15) is 17.9 Å². The number of rotatable bonds is 6. The van der Waals surface area contributed by atoms with E-state index in [1.54, 1.807) is 27.9 Å². The lowest BCUT2D eigenvalue weighted by Crippen LogP contribution is -2.40. The van der Waals surface area contributed by atoms with E-state index in [1.807, 2.05) is 31.2 Å². The molecule has 6 nitrogen and oxygen atoms in total. The van der Waals surface area contributed by atoms with Gasteiger partial charge < -0.3 is 19.1 Å². The smallest absolute Gasteiger partial charge is 0.326 e. The predicted octanol–water partition coefficient (Wildman–Crippen LogP) is 2.15. The van der Waals surface area contributed by atoms with Crippen LogP contribution < -0.4 is 4.74 Å². The minimum absolute atomic E-state index is 0.115. The average Bonchev–Trinajstić information content (AvgIpc) is 3.21. The van der Waals surface area contributed by atoms with Gasteiger partial charge >= 0.3 is 5.97 Å². The Labute approximate surface area is 142 Å². The van der Waals surface area contributed by atoms with Gasteiger partial charge in [-0.2, -0.15) is 0 Å². The summed E-state index contributed by atoms with van der Waals surface area (Å²) in [5.41, 5.74) is 0.227. The molecule has 1 fully saturated rings. The second kappa shape index (κ2) is 7.21. The molecule has 0 radical (unpaired) electrons. The maximum absolute atomic E-state index is 12.6.